The molecule has 3 heterocycles. The number of hydrogen-bond acceptors (Lipinski definition) is 15. The summed E-state index contributed by atoms with van der Waals surface area (Å²) in [4.78, 5) is 86.6. The van der Waals surface area contributed by atoms with E-state index in [9.17, 15) is 49.2 Å². The molecule has 340 valence electrons. The number of phenols is 4. The van der Waals surface area contributed by atoms with E-state index in [1.165, 1.54) is 60.5 Å². The normalized spacial score (nSPS) is 15.2. The standard InChI is InChI=1S/C41H47FN10O12/c1-24(53)44-20-27-22-51(41(62)64-27)26-11-12-32(30(42)18-26)49-14-16-50(17-15-49)35(56)23-63-52-21-25(47-48-52)19-45-40(61)31(46-39(60)29-7-5-10-34(55)37(29)58)8-2-3-13-43-38(59)28-6-4-9-33(54)36(28)57/h4-7,9-12,18,21,27,31,54-55,57-58H,2-3,8,13-17,19-20,22-23H2,1H3,(H,43,59)(H,44,53)(H,45,61)(H,46,60). The predicted octanol–water partition coefficient (Wildman–Crippen LogP) is 0.493. The van der Waals surface area contributed by atoms with Gasteiger partial charge in [0.25, 0.3) is 17.7 Å². The fourth-order valence-corrected chi connectivity index (χ4v) is 6.86. The van der Waals surface area contributed by atoms with Gasteiger partial charge in [-0.1, -0.05) is 17.0 Å². The van der Waals surface area contributed by atoms with Gasteiger partial charge in [0.2, 0.25) is 11.8 Å². The van der Waals surface area contributed by atoms with Gasteiger partial charge in [-0.05, 0) is 66.9 Å². The summed E-state index contributed by atoms with van der Waals surface area (Å²) in [6, 6.07) is 11.0. The van der Waals surface area contributed by atoms with E-state index < -0.39 is 71.4 Å². The first-order valence-electron chi connectivity index (χ1n) is 20.2. The molecular formula is C41H47FN10O12. The molecule has 0 bridgehead atoms. The molecule has 2 saturated heterocycles. The number of carbonyl (C=O) groups excluding carboxylic acids is 6. The fourth-order valence-electron chi connectivity index (χ4n) is 6.86. The van der Waals surface area contributed by atoms with Crippen molar-refractivity contribution in [1.29, 1.82) is 0 Å². The number of para-hydroxylation sites is 2. The first kappa shape index (κ1) is 45.7. The van der Waals surface area contributed by atoms with Crippen LogP contribution >= 0.6 is 0 Å². The van der Waals surface area contributed by atoms with Crippen molar-refractivity contribution < 1.29 is 63.2 Å². The lowest BCUT2D eigenvalue weighted by Gasteiger charge is -2.36. The summed E-state index contributed by atoms with van der Waals surface area (Å²) in [6.07, 6.45) is 0.873. The fraction of sp³-hybridized carbons (Fsp3) is 0.366. The highest BCUT2D eigenvalue weighted by atomic mass is 19.1. The maximum atomic E-state index is 15.3. The predicted molar refractivity (Wildman–Crippen MR) is 222 cm³/mol. The molecule has 1 aromatic heterocycles. The number of carbonyl (C=O) groups is 6. The Morgan fingerprint density at radius 1 is 0.891 bits per heavy atom. The maximum Gasteiger partial charge on any atom is 0.414 e. The van der Waals surface area contributed by atoms with Crippen LogP contribution in [0.2, 0.25) is 0 Å². The SMILES string of the molecule is CC(=O)NCC1CN(c2ccc(N3CCN(C(=O)COn4cc(CNC(=O)C(CCCCNC(=O)c5cccc(O)c5O)NC(=O)c5cccc(O)c5O)nn4)CC3)c(F)c2)C(=O)O1. The number of nitrogens with zero attached hydrogens (tertiary/aromatic N) is 6. The number of benzene rings is 3. The number of anilines is 2. The second kappa shape index (κ2) is 20.8. The van der Waals surface area contributed by atoms with Crippen LogP contribution in [0.1, 0.15) is 52.6 Å². The van der Waals surface area contributed by atoms with Gasteiger partial charge in [-0.15, -0.1) is 5.10 Å². The first-order valence-corrected chi connectivity index (χ1v) is 20.2. The molecular weight excluding hydrogens is 844 g/mol. The molecule has 3 aromatic carbocycles. The second-order valence-corrected chi connectivity index (χ2v) is 14.8. The van der Waals surface area contributed by atoms with E-state index in [1.807, 2.05) is 0 Å². The lowest BCUT2D eigenvalue weighted by atomic mass is 10.1. The number of ether oxygens (including phenoxy) is 1. The van der Waals surface area contributed by atoms with Crippen molar-refractivity contribution in [2.45, 2.75) is 44.9 Å². The van der Waals surface area contributed by atoms with Gasteiger partial charge in [0, 0.05) is 39.6 Å². The number of rotatable bonds is 18. The molecule has 2 aliphatic rings. The van der Waals surface area contributed by atoms with Crippen LogP contribution in [0.5, 0.6) is 23.0 Å². The van der Waals surface area contributed by atoms with Crippen LogP contribution in [0.4, 0.5) is 20.6 Å². The third-order valence-electron chi connectivity index (χ3n) is 10.3. The van der Waals surface area contributed by atoms with E-state index >= 15 is 4.39 Å². The lowest BCUT2D eigenvalue weighted by molar-refractivity contribution is -0.137. The number of unbranched alkanes of at least 4 members (excludes halogenated alkanes) is 1. The molecule has 8 N–H and O–H groups in total. The summed E-state index contributed by atoms with van der Waals surface area (Å²) in [5.41, 5.74) is 0.464. The van der Waals surface area contributed by atoms with Crippen molar-refractivity contribution in [3.63, 3.8) is 0 Å². The average molecular weight is 891 g/mol. The summed E-state index contributed by atoms with van der Waals surface area (Å²) >= 11 is 0. The third kappa shape index (κ3) is 11.5. The minimum Gasteiger partial charge on any atom is -0.504 e. The van der Waals surface area contributed by atoms with Crippen molar-refractivity contribution in [2.24, 2.45) is 0 Å². The molecule has 2 atom stereocenters. The monoisotopic (exact) mass is 890 g/mol. The molecule has 64 heavy (non-hydrogen) atoms. The number of piperazine rings is 1. The summed E-state index contributed by atoms with van der Waals surface area (Å²) < 4.78 is 20.6. The molecule has 2 aliphatic heterocycles. The van der Waals surface area contributed by atoms with E-state index in [4.69, 9.17) is 9.57 Å². The minimum absolute atomic E-state index is 0.0813. The van der Waals surface area contributed by atoms with E-state index in [1.54, 1.807) is 21.9 Å². The number of cyclic esters (lactones) is 1. The van der Waals surface area contributed by atoms with Crippen molar-refractivity contribution in [2.75, 3.05) is 62.2 Å². The molecule has 0 spiro atoms. The number of aromatic nitrogens is 3. The molecule has 0 radical (unpaired) electrons. The zero-order chi connectivity index (χ0) is 45.9. The molecule has 6 amide bonds. The minimum atomic E-state index is -1.15. The highest BCUT2D eigenvalue weighted by Crippen LogP contribution is 2.30. The topological polar surface area (TPSA) is 290 Å². The summed E-state index contributed by atoms with van der Waals surface area (Å²) in [7, 11) is 0. The van der Waals surface area contributed by atoms with E-state index in [0.29, 0.717) is 37.3 Å². The number of phenolic OH excluding ortho intramolecular Hbond substituents is 4. The molecule has 2 fully saturated rings. The highest BCUT2D eigenvalue weighted by Gasteiger charge is 2.33. The third-order valence-corrected chi connectivity index (χ3v) is 10.3. The Morgan fingerprint density at radius 2 is 1.58 bits per heavy atom. The molecule has 22 nitrogen and oxygen atoms in total. The van der Waals surface area contributed by atoms with E-state index in [-0.39, 0.29) is 74.3 Å². The summed E-state index contributed by atoms with van der Waals surface area (Å²) in [5, 5.41) is 57.9. The summed E-state index contributed by atoms with van der Waals surface area (Å²) in [6.45, 7) is 2.38. The second-order valence-electron chi connectivity index (χ2n) is 14.8. The highest BCUT2D eigenvalue weighted by molar-refractivity contribution is 6.00. The van der Waals surface area contributed by atoms with Crippen molar-refractivity contribution in [3.8, 4) is 23.0 Å². The molecule has 23 heteroatoms. The molecule has 4 aromatic rings. The van der Waals surface area contributed by atoms with E-state index in [0.717, 1.165) is 4.85 Å². The Morgan fingerprint density at radius 3 is 2.25 bits per heavy atom. The van der Waals surface area contributed by atoms with Crippen LogP contribution in [-0.4, -0.2) is 141 Å². The molecule has 6 rings (SSSR count). The number of aromatic hydroxyl groups is 4. The van der Waals surface area contributed by atoms with Crippen molar-refractivity contribution >= 4 is 47.0 Å². The first-order chi connectivity index (χ1) is 30.7. The van der Waals surface area contributed by atoms with Gasteiger partial charge < -0.3 is 61.1 Å². The van der Waals surface area contributed by atoms with Gasteiger partial charge in [-0.2, -0.15) is 0 Å². The Labute approximate surface area is 364 Å². The van der Waals surface area contributed by atoms with Gasteiger partial charge >= 0.3 is 6.09 Å². The lowest BCUT2D eigenvalue weighted by Crippen LogP contribution is -2.50. The van der Waals surface area contributed by atoms with Gasteiger partial charge in [0.05, 0.1) is 48.3 Å². The maximum absolute atomic E-state index is 15.3. The largest absolute Gasteiger partial charge is 0.504 e. The molecule has 2 unspecified atom stereocenters. The van der Waals surface area contributed by atoms with Crippen molar-refractivity contribution in [1.82, 2.24) is 41.3 Å². The number of halogens is 1. The van der Waals surface area contributed by atoms with Gasteiger partial charge in [-0.25, -0.2) is 9.18 Å². The molecule has 0 aliphatic carbocycles. The van der Waals surface area contributed by atoms with Crippen LogP contribution in [0.25, 0.3) is 0 Å². The zero-order valence-electron chi connectivity index (χ0n) is 34.5. The number of hydrogen-bond donors (Lipinski definition) is 8. The van der Waals surface area contributed by atoms with E-state index in [2.05, 4.69) is 31.6 Å². The van der Waals surface area contributed by atoms with Crippen LogP contribution in [-0.2, 0) is 25.7 Å². The average Bonchev–Trinajstić information content (AvgIpc) is 3.90. The summed E-state index contributed by atoms with van der Waals surface area (Å²) in [5.74, 6) is -5.49. The van der Waals surface area contributed by atoms with Crippen molar-refractivity contribution in [3.05, 3.63) is 83.4 Å². The Kier molecular flexibility index (Phi) is 14.9. The zero-order valence-corrected chi connectivity index (χ0v) is 34.5. The van der Waals surface area contributed by atoms with Crippen LogP contribution in [0.3, 0.4) is 0 Å². The van der Waals surface area contributed by atoms with Gasteiger partial charge in [0.1, 0.15) is 23.7 Å². The smallest absolute Gasteiger partial charge is 0.414 e. The van der Waals surface area contributed by atoms with Crippen LogP contribution < -0.4 is 35.9 Å². The Balaban J connectivity index is 0.954. The van der Waals surface area contributed by atoms with Crippen LogP contribution in [0.15, 0.2) is 60.8 Å². The quantitative estimate of drug-likeness (QED) is 0.0499. The molecule has 0 saturated carbocycles. The van der Waals surface area contributed by atoms with Crippen LogP contribution in [0, 0.1) is 5.82 Å². The van der Waals surface area contributed by atoms with Gasteiger partial charge in [0.15, 0.2) is 29.6 Å². The van der Waals surface area contributed by atoms with Gasteiger partial charge in [-0.3, -0.25) is 28.9 Å². The number of amides is 6. The Hall–Kier alpha value is -7.85. The number of nitrogens with one attached hydrogen (secondary N) is 4. The Bertz CT molecular complexity index is 2370.